The van der Waals surface area contributed by atoms with Crippen molar-refractivity contribution in [2.45, 2.75) is 6.10 Å². The molecule has 0 bridgehead atoms. The molecule has 1 saturated heterocycles. The van der Waals surface area contributed by atoms with Crippen molar-refractivity contribution in [2.75, 3.05) is 38.6 Å². The maximum atomic E-state index is 10.9. The average Bonchev–Trinajstić information content (AvgIpc) is 2.37. The minimum atomic E-state index is -0.442. The molecule has 0 spiro atoms. The van der Waals surface area contributed by atoms with Crippen LogP contribution in [0.4, 0.5) is 11.4 Å². The second-order valence-corrected chi connectivity index (χ2v) is 4.99. The number of nitrogens with zero attached hydrogens (tertiary/aromatic N) is 2. The van der Waals surface area contributed by atoms with Gasteiger partial charge in [-0.1, -0.05) is 11.6 Å². The first-order valence-electron chi connectivity index (χ1n) is 6.04. The molecule has 0 aliphatic carbocycles. The van der Waals surface area contributed by atoms with Gasteiger partial charge in [0.15, 0.2) is 0 Å². The molecule has 0 aromatic heterocycles. The van der Waals surface area contributed by atoms with Crippen LogP contribution in [0.1, 0.15) is 0 Å². The number of ether oxygens (including phenoxy) is 1. The number of hydrogen-bond donors (Lipinski definition) is 1. The number of rotatable bonds is 4. The van der Waals surface area contributed by atoms with Crippen LogP contribution < -0.4 is 5.32 Å². The number of halogens is 1. The normalized spacial score (nSPS) is 20.2. The van der Waals surface area contributed by atoms with E-state index in [1.165, 1.54) is 6.07 Å². The van der Waals surface area contributed by atoms with Crippen LogP contribution in [-0.2, 0) is 4.74 Å². The topological polar surface area (TPSA) is 67.6 Å². The summed E-state index contributed by atoms with van der Waals surface area (Å²) in [7, 11) is 2.03. The van der Waals surface area contributed by atoms with E-state index in [2.05, 4.69) is 10.2 Å². The Balaban J connectivity index is 2.01. The zero-order valence-corrected chi connectivity index (χ0v) is 11.4. The monoisotopic (exact) mass is 285 g/mol. The summed E-state index contributed by atoms with van der Waals surface area (Å²) in [6.45, 7) is 2.95. The van der Waals surface area contributed by atoms with Crippen LogP contribution in [0.15, 0.2) is 18.2 Å². The summed E-state index contributed by atoms with van der Waals surface area (Å²) in [5, 5.41) is 14.4. The Labute approximate surface area is 116 Å². The third-order valence-corrected chi connectivity index (χ3v) is 3.25. The first-order chi connectivity index (χ1) is 9.06. The van der Waals surface area contributed by atoms with Gasteiger partial charge in [-0.3, -0.25) is 10.1 Å². The van der Waals surface area contributed by atoms with Crippen LogP contribution in [0.5, 0.6) is 0 Å². The minimum absolute atomic E-state index is 0.0170. The number of nitro groups is 1. The number of benzene rings is 1. The molecule has 104 valence electrons. The van der Waals surface area contributed by atoms with E-state index >= 15 is 0 Å². The Morgan fingerprint density at radius 2 is 2.42 bits per heavy atom. The fraction of sp³-hybridized carbons (Fsp3) is 0.500. The Kier molecular flexibility index (Phi) is 4.57. The molecule has 2 rings (SSSR count). The van der Waals surface area contributed by atoms with E-state index < -0.39 is 4.92 Å². The van der Waals surface area contributed by atoms with Crippen molar-refractivity contribution in [1.29, 1.82) is 0 Å². The zero-order valence-electron chi connectivity index (χ0n) is 10.6. The molecule has 0 radical (unpaired) electrons. The van der Waals surface area contributed by atoms with Gasteiger partial charge >= 0.3 is 0 Å². The van der Waals surface area contributed by atoms with E-state index in [1.54, 1.807) is 12.1 Å². The van der Waals surface area contributed by atoms with E-state index in [4.69, 9.17) is 16.3 Å². The van der Waals surface area contributed by atoms with Crippen molar-refractivity contribution in [3.63, 3.8) is 0 Å². The number of nitrogens with one attached hydrogen (secondary N) is 1. The summed E-state index contributed by atoms with van der Waals surface area (Å²) in [6.07, 6.45) is 0.0361. The van der Waals surface area contributed by atoms with Gasteiger partial charge in [-0.25, -0.2) is 0 Å². The highest BCUT2D eigenvalue weighted by molar-refractivity contribution is 6.30. The van der Waals surface area contributed by atoms with Crippen molar-refractivity contribution >= 4 is 23.0 Å². The van der Waals surface area contributed by atoms with Crippen molar-refractivity contribution in [3.8, 4) is 0 Å². The van der Waals surface area contributed by atoms with Crippen LogP contribution in [0.25, 0.3) is 0 Å². The number of nitro benzene ring substituents is 1. The lowest BCUT2D eigenvalue weighted by Crippen LogP contribution is -2.43. The lowest BCUT2D eigenvalue weighted by molar-refractivity contribution is -0.383. The predicted octanol–water partition coefficient (Wildman–Crippen LogP) is 1.99. The highest BCUT2D eigenvalue weighted by atomic mass is 35.5. The molecule has 1 unspecified atom stereocenters. The van der Waals surface area contributed by atoms with E-state index in [9.17, 15) is 10.1 Å². The summed E-state index contributed by atoms with van der Waals surface area (Å²) >= 11 is 5.77. The maximum Gasteiger partial charge on any atom is 0.293 e. The van der Waals surface area contributed by atoms with Gasteiger partial charge in [-0.05, 0) is 19.2 Å². The molecule has 1 aromatic rings. The van der Waals surface area contributed by atoms with Crippen LogP contribution in [0.3, 0.4) is 0 Å². The smallest absolute Gasteiger partial charge is 0.293 e. The van der Waals surface area contributed by atoms with Gasteiger partial charge in [-0.15, -0.1) is 0 Å². The Bertz CT molecular complexity index is 470. The molecular weight excluding hydrogens is 270 g/mol. The molecule has 1 atom stereocenters. The summed E-state index contributed by atoms with van der Waals surface area (Å²) in [6, 6.07) is 4.59. The van der Waals surface area contributed by atoms with Crippen molar-refractivity contribution < 1.29 is 9.66 Å². The van der Waals surface area contributed by atoms with Gasteiger partial charge in [0, 0.05) is 30.7 Å². The number of morpholine rings is 1. The Hall–Kier alpha value is -1.37. The van der Waals surface area contributed by atoms with Crippen LogP contribution in [0, 0.1) is 10.1 Å². The highest BCUT2D eigenvalue weighted by Gasteiger charge is 2.19. The summed E-state index contributed by atoms with van der Waals surface area (Å²) in [4.78, 5) is 12.7. The molecule has 7 heteroatoms. The van der Waals surface area contributed by atoms with Gasteiger partial charge in [0.1, 0.15) is 5.69 Å². The highest BCUT2D eigenvalue weighted by Crippen LogP contribution is 2.27. The maximum absolute atomic E-state index is 10.9. The third kappa shape index (κ3) is 3.79. The molecule has 1 N–H and O–H groups in total. The number of hydrogen-bond acceptors (Lipinski definition) is 5. The fourth-order valence-electron chi connectivity index (χ4n) is 2.02. The molecule has 0 saturated carbocycles. The molecule has 1 fully saturated rings. The average molecular weight is 286 g/mol. The van der Waals surface area contributed by atoms with Crippen LogP contribution in [0.2, 0.25) is 5.02 Å². The molecule has 1 aromatic carbocycles. The Morgan fingerprint density at radius 3 is 3.11 bits per heavy atom. The molecule has 0 amide bonds. The molecule has 19 heavy (non-hydrogen) atoms. The van der Waals surface area contributed by atoms with Gasteiger partial charge in [0.2, 0.25) is 0 Å². The number of likely N-dealkylation sites (N-methyl/N-ethyl adjacent to an activating group) is 1. The summed E-state index contributed by atoms with van der Waals surface area (Å²) in [5.41, 5.74) is 0.447. The van der Waals surface area contributed by atoms with E-state index in [0.717, 1.165) is 13.1 Å². The van der Waals surface area contributed by atoms with Gasteiger partial charge in [-0.2, -0.15) is 0 Å². The quantitative estimate of drug-likeness (QED) is 0.677. The van der Waals surface area contributed by atoms with Crippen molar-refractivity contribution in [1.82, 2.24) is 4.90 Å². The molecule has 6 nitrogen and oxygen atoms in total. The predicted molar refractivity (Wildman–Crippen MR) is 73.8 cm³/mol. The molecule has 1 aliphatic heterocycles. The minimum Gasteiger partial charge on any atom is -0.377 e. The van der Waals surface area contributed by atoms with E-state index in [1.807, 2.05) is 7.05 Å². The van der Waals surface area contributed by atoms with Gasteiger partial charge in [0.25, 0.3) is 5.69 Å². The van der Waals surface area contributed by atoms with E-state index in [-0.39, 0.29) is 11.8 Å². The largest absolute Gasteiger partial charge is 0.377 e. The first kappa shape index (κ1) is 14.0. The molecule has 1 heterocycles. The zero-order chi connectivity index (χ0) is 13.8. The lowest BCUT2D eigenvalue weighted by atomic mass is 10.2. The lowest BCUT2D eigenvalue weighted by Gasteiger charge is -2.30. The molecular formula is C12H16ClN3O3. The Morgan fingerprint density at radius 1 is 1.63 bits per heavy atom. The summed E-state index contributed by atoms with van der Waals surface area (Å²) < 4.78 is 5.59. The van der Waals surface area contributed by atoms with E-state index in [0.29, 0.717) is 23.9 Å². The van der Waals surface area contributed by atoms with Crippen LogP contribution in [-0.4, -0.2) is 49.2 Å². The van der Waals surface area contributed by atoms with Gasteiger partial charge in [0.05, 0.1) is 17.6 Å². The standard InChI is InChI=1S/C12H16ClN3O3/c1-15-4-5-19-10(8-15)7-14-11-3-2-9(13)6-12(11)16(17)18/h2-3,6,10,14H,4-5,7-8H2,1H3. The van der Waals surface area contributed by atoms with Crippen LogP contribution >= 0.6 is 11.6 Å². The fourth-order valence-corrected chi connectivity index (χ4v) is 2.19. The van der Waals surface area contributed by atoms with Crippen molar-refractivity contribution in [2.24, 2.45) is 0 Å². The number of anilines is 1. The molecule has 1 aliphatic rings. The second kappa shape index (κ2) is 6.18. The third-order valence-electron chi connectivity index (χ3n) is 3.02. The SMILES string of the molecule is CN1CCOC(CNc2ccc(Cl)cc2[N+](=O)[O-])C1. The summed E-state index contributed by atoms with van der Waals surface area (Å²) in [5.74, 6) is 0. The second-order valence-electron chi connectivity index (χ2n) is 4.55. The van der Waals surface area contributed by atoms with Gasteiger partial charge < -0.3 is 15.0 Å². The first-order valence-corrected chi connectivity index (χ1v) is 6.42. The van der Waals surface area contributed by atoms with Crippen molar-refractivity contribution in [3.05, 3.63) is 33.3 Å².